The van der Waals surface area contributed by atoms with Gasteiger partial charge in [-0.05, 0) is 49.6 Å². The van der Waals surface area contributed by atoms with E-state index in [0.717, 1.165) is 46.6 Å². The van der Waals surface area contributed by atoms with Crippen molar-refractivity contribution in [1.82, 2.24) is 25.3 Å². The number of thiazole rings is 1. The molecule has 0 aliphatic carbocycles. The largest absolute Gasteiger partial charge is 0.439 e. The molecule has 2 aliphatic rings. The van der Waals surface area contributed by atoms with Gasteiger partial charge in [-0.3, -0.25) is 20.1 Å². The predicted octanol–water partition coefficient (Wildman–Crippen LogP) is 3.79. The minimum absolute atomic E-state index is 0.299. The Morgan fingerprint density at radius 1 is 1.19 bits per heavy atom. The third kappa shape index (κ3) is 4.22. The Labute approximate surface area is 210 Å². The number of hydrogen-bond acceptors (Lipinski definition) is 9. The molecule has 0 radical (unpaired) electrons. The number of aryl methyl sites for hydroxylation is 1. The summed E-state index contributed by atoms with van der Waals surface area (Å²) in [4.78, 5) is 44.6. The maximum absolute atomic E-state index is 13.4. The van der Waals surface area contributed by atoms with Crippen LogP contribution < -0.4 is 15.5 Å². The van der Waals surface area contributed by atoms with Gasteiger partial charge in [0.2, 0.25) is 0 Å². The Kier molecular flexibility index (Phi) is 5.48. The number of rotatable bonds is 4. The van der Waals surface area contributed by atoms with Gasteiger partial charge >= 0.3 is 6.09 Å². The highest BCUT2D eigenvalue weighted by Gasteiger charge is 2.44. The molecular formula is C25H23N7O3S. The van der Waals surface area contributed by atoms with E-state index in [4.69, 9.17) is 4.74 Å². The molecule has 10 nitrogen and oxygen atoms in total. The first-order valence-corrected chi connectivity index (χ1v) is 12.5. The van der Waals surface area contributed by atoms with E-state index in [0.29, 0.717) is 29.4 Å². The summed E-state index contributed by atoms with van der Waals surface area (Å²) in [5.41, 5.74) is 3.97. The molecule has 1 atom stereocenters. The predicted molar refractivity (Wildman–Crippen MR) is 136 cm³/mol. The molecule has 4 aromatic rings. The summed E-state index contributed by atoms with van der Waals surface area (Å²) in [7, 11) is 0. The lowest BCUT2D eigenvalue weighted by Crippen LogP contribution is -2.51. The van der Waals surface area contributed by atoms with Crippen LogP contribution in [0.2, 0.25) is 0 Å². The van der Waals surface area contributed by atoms with E-state index in [-0.39, 0.29) is 5.91 Å². The van der Waals surface area contributed by atoms with Crippen molar-refractivity contribution in [3.63, 3.8) is 0 Å². The maximum Gasteiger partial charge on any atom is 0.407 e. The average Bonchev–Trinajstić information content (AvgIpc) is 3.46. The summed E-state index contributed by atoms with van der Waals surface area (Å²) in [6.45, 7) is 3.62. The summed E-state index contributed by atoms with van der Waals surface area (Å²) in [5.74, 6) is -0.299. The number of carbonyl (C=O) groups excluding carboxylic acids is 2. The lowest BCUT2D eigenvalue weighted by atomic mass is 9.92. The number of piperidine rings is 1. The van der Waals surface area contributed by atoms with E-state index < -0.39 is 11.7 Å². The summed E-state index contributed by atoms with van der Waals surface area (Å²) < 4.78 is 6.49. The van der Waals surface area contributed by atoms with Crippen LogP contribution >= 0.6 is 11.3 Å². The molecule has 1 spiro atoms. The quantitative estimate of drug-likeness (QED) is 0.433. The van der Waals surface area contributed by atoms with Gasteiger partial charge in [0.1, 0.15) is 5.60 Å². The molecule has 0 saturated carbocycles. The molecular weight excluding hydrogens is 478 g/mol. The van der Waals surface area contributed by atoms with Crippen LogP contribution in [0.4, 0.5) is 15.6 Å². The highest BCUT2D eigenvalue weighted by atomic mass is 32.1. The zero-order chi connectivity index (χ0) is 24.7. The lowest BCUT2D eigenvalue weighted by Gasteiger charge is -2.40. The Morgan fingerprint density at radius 2 is 2.06 bits per heavy atom. The Balaban J connectivity index is 1.26. The number of nitrogens with one attached hydrogen (secondary N) is 2. The van der Waals surface area contributed by atoms with Gasteiger partial charge in [0, 0.05) is 42.6 Å². The number of fused-ring (bicyclic) bond motifs is 1. The van der Waals surface area contributed by atoms with Crippen molar-refractivity contribution in [2.75, 3.05) is 29.9 Å². The number of anilines is 2. The van der Waals surface area contributed by atoms with Crippen LogP contribution in [0.3, 0.4) is 0 Å². The van der Waals surface area contributed by atoms with Crippen LogP contribution in [0, 0.1) is 6.92 Å². The second kappa shape index (κ2) is 8.83. The van der Waals surface area contributed by atoms with E-state index in [2.05, 4.69) is 35.5 Å². The van der Waals surface area contributed by atoms with Crippen molar-refractivity contribution in [1.29, 1.82) is 0 Å². The fraction of sp³-hybridized carbons (Fsp3) is 0.280. The van der Waals surface area contributed by atoms with Crippen LogP contribution in [0.15, 0.2) is 49.1 Å². The van der Waals surface area contributed by atoms with Crippen molar-refractivity contribution in [3.8, 4) is 11.1 Å². The number of ether oxygens (including phenoxy) is 1. The van der Waals surface area contributed by atoms with Crippen molar-refractivity contribution in [2.24, 2.45) is 0 Å². The highest BCUT2D eigenvalue weighted by molar-refractivity contribution is 7.22. The lowest BCUT2D eigenvalue weighted by molar-refractivity contribution is 0.0446. The van der Waals surface area contributed by atoms with Gasteiger partial charge in [0.25, 0.3) is 5.91 Å². The van der Waals surface area contributed by atoms with Crippen molar-refractivity contribution < 1.29 is 14.3 Å². The highest BCUT2D eigenvalue weighted by Crippen LogP contribution is 2.34. The number of nitrogens with zero attached hydrogens (tertiary/aromatic N) is 5. The van der Waals surface area contributed by atoms with Gasteiger partial charge in [-0.25, -0.2) is 9.78 Å². The number of hydrogen-bond donors (Lipinski definition) is 2. The zero-order valence-corrected chi connectivity index (χ0v) is 20.3. The summed E-state index contributed by atoms with van der Waals surface area (Å²) >= 11 is 1.37. The molecule has 2 saturated heterocycles. The van der Waals surface area contributed by atoms with E-state index in [1.807, 2.05) is 31.2 Å². The first-order valence-electron chi connectivity index (χ1n) is 11.6. The molecule has 6 rings (SSSR count). The molecule has 2 amide bonds. The number of aromatic nitrogens is 4. The Morgan fingerprint density at radius 3 is 2.86 bits per heavy atom. The maximum atomic E-state index is 13.4. The van der Waals surface area contributed by atoms with Gasteiger partial charge in [-0.15, -0.1) is 0 Å². The minimum Gasteiger partial charge on any atom is -0.439 e. The van der Waals surface area contributed by atoms with E-state index in [9.17, 15) is 9.59 Å². The van der Waals surface area contributed by atoms with Gasteiger partial charge in [0.05, 0.1) is 29.0 Å². The van der Waals surface area contributed by atoms with Gasteiger partial charge in [-0.2, -0.15) is 4.98 Å². The molecule has 4 aromatic heterocycles. The van der Waals surface area contributed by atoms with Gasteiger partial charge in [0.15, 0.2) is 10.8 Å². The standard InChI is InChI=1S/C25H23N7O3S/c1-15-9-19(32-8-2-5-25(14-32)13-29-24(34)35-25)18(12-27-15)22(33)31-23-30-21-20(36-23)10-17(11-28-21)16-3-6-26-7-4-16/h3-4,6-7,9-12H,2,5,8,13-14H2,1H3,(H,29,34)(H,28,30,31,33)/t25-/m1/s1. The van der Waals surface area contributed by atoms with Crippen LogP contribution in [-0.2, 0) is 4.74 Å². The molecule has 2 N–H and O–H groups in total. The fourth-order valence-electron chi connectivity index (χ4n) is 4.76. The summed E-state index contributed by atoms with van der Waals surface area (Å²) in [6.07, 6.45) is 8.08. The molecule has 0 aromatic carbocycles. The molecule has 11 heteroatoms. The Hall–Kier alpha value is -4.12. The first kappa shape index (κ1) is 22.4. The molecule has 0 unspecified atom stereocenters. The van der Waals surface area contributed by atoms with E-state index in [1.165, 1.54) is 11.3 Å². The van der Waals surface area contributed by atoms with Crippen LogP contribution in [0.1, 0.15) is 28.9 Å². The summed E-state index contributed by atoms with van der Waals surface area (Å²) in [5, 5.41) is 6.16. The molecule has 2 fully saturated rings. The van der Waals surface area contributed by atoms with E-state index in [1.54, 1.807) is 24.8 Å². The SMILES string of the molecule is Cc1cc(N2CCC[C@@]3(CNC(=O)O3)C2)c(C(=O)Nc2nc3ncc(-c4ccncc4)cc3s2)cn1. The zero-order valence-electron chi connectivity index (χ0n) is 19.5. The van der Waals surface area contributed by atoms with Crippen LogP contribution in [-0.4, -0.2) is 57.2 Å². The van der Waals surface area contributed by atoms with Crippen molar-refractivity contribution in [2.45, 2.75) is 25.4 Å². The molecule has 6 heterocycles. The number of alkyl carbamates (subject to hydrolysis) is 1. The molecule has 36 heavy (non-hydrogen) atoms. The topological polar surface area (TPSA) is 122 Å². The smallest absolute Gasteiger partial charge is 0.407 e. The normalized spacial score (nSPS) is 19.4. The second-order valence-electron chi connectivity index (χ2n) is 9.05. The third-order valence-corrected chi connectivity index (χ3v) is 7.40. The average molecular weight is 502 g/mol. The van der Waals surface area contributed by atoms with Gasteiger partial charge < -0.3 is 15.0 Å². The third-order valence-electron chi connectivity index (χ3n) is 6.49. The van der Waals surface area contributed by atoms with E-state index >= 15 is 0 Å². The fourth-order valence-corrected chi connectivity index (χ4v) is 5.61. The summed E-state index contributed by atoms with van der Waals surface area (Å²) in [6, 6.07) is 7.75. The Bertz CT molecular complexity index is 1480. The van der Waals surface area contributed by atoms with Crippen molar-refractivity contribution >= 4 is 44.5 Å². The van der Waals surface area contributed by atoms with Crippen molar-refractivity contribution in [3.05, 3.63) is 60.3 Å². The minimum atomic E-state index is -0.578. The molecule has 182 valence electrons. The first-order chi connectivity index (χ1) is 17.5. The second-order valence-corrected chi connectivity index (χ2v) is 10.1. The monoisotopic (exact) mass is 501 g/mol. The van der Waals surface area contributed by atoms with Crippen LogP contribution in [0.25, 0.3) is 21.5 Å². The number of amides is 2. The molecule has 2 aliphatic heterocycles. The molecule has 0 bridgehead atoms. The number of carbonyl (C=O) groups is 2. The van der Waals surface area contributed by atoms with Gasteiger partial charge in [-0.1, -0.05) is 11.3 Å². The number of pyridine rings is 3. The van der Waals surface area contributed by atoms with Crippen LogP contribution in [0.5, 0.6) is 0 Å².